The number of fused-ring (bicyclic) bond motifs is 1. The van der Waals surface area contributed by atoms with E-state index in [1.807, 2.05) is 23.9 Å². The molecule has 112 valence electrons. The van der Waals surface area contributed by atoms with Gasteiger partial charge in [-0.1, -0.05) is 29.8 Å². The SMILES string of the molecule is CCn1ncc(Cl)c1C(NC)C1COc2ccccc2C1. The standard InChI is InChI=1S/C16H20ClN3O/c1-3-20-16(13(17)9-19-20)15(18-2)12-8-11-6-4-5-7-14(11)21-10-12/h4-7,9,12,15,18H,3,8,10H2,1-2H3. The van der Waals surface area contributed by atoms with E-state index < -0.39 is 0 Å². The van der Waals surface area contributed by atoms with E-state index in [0.717, 1.165) is 29.4 Å². The summed E-state index contributed by atoms with van der Waals surface area (Å²) in [5.74, 6) is 1.34. The van der Waals surface area contributed by atoms with Crippen LogP contribution in [0.4, 0.5) is 0 Å². The zero-order valence-corrected chi connectivity index (χ0v) is 13.1. The van der Waals surface area contributed by atoms with Gasteiger partial charge in [0.2, 0.25) is 0 Å². The summed E-state index contributed by atoms with van der Waals surface area (Å²) in [4.78, 5) is 0. The van der Waals surface area contributed by atoms with Crippen LogP contribution in [0.3, 0.4) is 0 Å². The van der Waals surface area contributed by atoms with Crippen LogP contribution in [0.1, 0.15) is 24.2 Å². The highest BCUT2D eigenvalue weighted by molar-refractivity contribution is 6.31. The van der Waals surface area contributed by atoms with Gasteiger partial charge in [-0.2, -0.15) is 5.10 Å². The van der Waals surface area contributed by atoms with E-state index in [4.69, 9.17) is 16.3 Å². The van der Waals surface area contributed by atoms with Crippen molar-refractivity contribution in [2.45, 2.75) is 25.9 Å². The van der Waals surface area contributed by atoms with Crippen LogP contribution in [0.2, 0.25) is 5.02 Å². The van der Waals surface area contributed by atoms with Crippen LogP contribution in [0, 0.1) is 5.92 Å². The molecule has 0 saturated carbocycles. The van der Waals surface area contributed by atoms with Crippen molar-refractivity contribution in [3.8, 4) is 5.75 Å². The first kappa shape index (κ1) is 14.4. The summed E-state index contributed by atoms with van der Waals surface area (Å²) in [6, 6.07) is 8.36. The van der Waals surface area contributed by atoms with Gasteiger partial charge in [-0.3, -0.25) is 4.68 Å². The number of ether oxygens (including phenoxy) is 1. The number of nitrogens with one attached hydrogen (secondary N) is 1. The Morgan fingerprint density at radius 3 is 3.05 bits per heavy atom. The van der Waals surface area contributed by atoms with E-state index in [2.05, 4.69) is 29.5 Å². The predicted molar refractivity (Wildman–Crippen MR) is 83.8 cm³/mol. The number of hydrogen-bond acceptors (Lipinski definition) is 3. The first-order valence-corrected chi connectivity index (χ1v) is 7.71. The third kappa shape index (κ3) is 2.65. The van der Waals surface area contributed by atoms with Gasteiger partial charge >= 0.3 is 0 Å². The molecule has 21 heavy (non-hydrogen) atoms. The highest BCUT2D eigenvalue weighted by Crippen LogP contribution is 2.35. The van der Waals surface area contributed by atoms with Crippen LogP contribution in [0.15, 0.2) is 30.5 Å². The van der Waals surface area contributed by atoms with E-state index >= 15 is 0 Å². The number of aryl methyl sites for hydroxylation is 1. The molecule has 2 heterocycles. The van der Waals surface area contributed by atoms with E-state index in [1.54, 1.807) is 6.20 Å². The Morgan fingerprint density at radius 2 is 2.29 bits per heavy atom. The topological polar surface area (TPSA) is 39.1 Å². The minimum absolute atomic E-state index is 0.133. The van der Waals surface area contributed by atoms with Crippen molar-refractivity contribution >= 4 is 11.6 Å². The average Bonchev–Trinajstić information content (AvgIpc) is 2.89. The Morgan fingerprint density at radius 1 is 1.48 bits per heavy atom. The number of halogens is 1. The fraction of sp³-hybridized carbons (Fsp3) is 0.438. The lowest BCUT2D eigenvalue weighted by Gasteiger charge is -2.32. The van der Waals surface area contributed by atoms with Gasteiger partial charge in [0, 0.05) is 12.5 Å². The number of nitrogens with zero attached hydrogens (tertiary/aromatic N) is 2. The van der Waals surface area contributed by atoms with Gasteiger partial charge in [-0.05, 0) is 32.0 Å². The molecule has 2 atom stereocenters. The van der Waals surface area contributed by atoms with E-state index in [-0.39, 0.29) is 6.04 Å². The van der Waals surface area contributed by atoms with Gasteiger partial charge in [-0.15, -0.1) is 0 Å². The second-order valence-electron chi connectivity index (χ2n) is 5.34. The normalized spacial score (nSPS) is 18.9. The molecule has 1 aliphatic rings. The molecule has 3 rings (SSSR count). The molecule has 0 saturated heterocycles. The molecule has 0 fully saturated rings. The fourth-order valence-electron chi connectivity index (χ4n) is 3.09. The summed E-state index contributed by atoms with van der Waals surface area (Å²) in [6.07, 6.45) is 2.70. The Kier molecular flexibility index (Phi) is 4.17. The molecular weight excluding hydrogens is 286 g/mol. The summed E-state index contributed by atoms with van der Waals surface area (Å²) >= 11 is 6.35. The maximum atomic E-state index is 6.35. The van der Waals surface area contributed by atoms with Crippen molar-refractivity contribution in [2.24, 2.45) is 5.92 Å². The predicted octanol–water partition coefficient (Wildman–Crippen LogP) is 3.07. The highest BCUT2D eigenvalue weighted by Gasteiger charge is 2.31. The lowest BCUT2D eigenvalue weighted by atomic mass is 9.88. The summed E-state index contributed by atoms with van der Waals surface area (Å²) in [6.45, 7) is 3.57. The van der Waals surface area contributed by atoms with Crippen molar-refractivity contribution in [3.63, 3.8) is 0 Å². The van der Waals surface area contributed by atoms with Crippen molar-refractivity contribution in [1.29, 1.82) is 0 Å². The lowest BCUT2D eigenvalue weighted by molar-refractivity contribution is 0.184. The number of rotatable bonds is 4. The Hall–Kier alpha value is -1.52. The summed E-state index contributed by atoms with van der Waals surface area (Å²) in [5.41, 5.74) is 2.31. The van der Waals surface area contributed by atoms with Crippen molar-refractivity contribution in [1.82, 2.24) is 15.1 Å². The van der Waals surface area contributed by atoms with Crippen molar-refractivity contribution in [2.75, 3.05) is 13.7 Å². The first-order valence-electron chi connectivity index (χ1n) is 7.33. The Labute approximate surface area is 130 Å². The molecule has 0 radical (unpaired) electrons. The van der Waals surface area contributed by atoms with Gasteiger partial charge in [0.05, 0.1) is 29.6 Å². The molecule has 1 aliphatic heterocycles. The van der Waals surface area contributed by atoms with Crippen molar-refractivity contribution < 1.29 is 4.74 Å². The molecule has 1 aromatic carbocycles. The Bertz CT molecular complexity index is 626. The molecule has 1 N–H and O–H groups in total. The molecular formula is C16H20ClN3O. The van der Waals surface area contributed by atoms with Crippen LogP contribution in [0.25, 0.3) is 0 Å². The number of para-hydroxylation sites is 1. The third-order valence-corrected chi connectivity index (χ3v) is 4.41. The summed E-state index contributed by atoms with van der Waals surface area (Å²) in [7, 11) is 1.97. The minimum atomic E-state index is 0.133. The van der Waals surface area contributed by atoms with Gasteiger partial charge in [0.15, 0.2) is 0 Å². The zero-order chi connectivity index (χ0) is 14.8. The van der Waals surface area contributed by atoms with Gasteiger partial charge < -0.3 is 10.1 Å². The maximum absolute atomic E-state index is 6.35. The molecule has 2 aromatic rings. The van der Waals surface area contributed by atoms with Gasteiger partial charge in [-0.25, -0.2) is 0 Å². The van der Waals surface area contributed by atoms with Gasteiger partial charge in [0.1, 0.15) is 5.75 Å². The first-order chi connectivity index (χ1) is 10.2. The van der Waals surface area contributed by atoms with E-state index in [9.17, 15) is 0 Å². The minimum Gasteiger partial charge on any atom is -0.493 e. The fourth-order valence-corrected chi connectivity index (χ4v) is 3.35. The largest absolute Gasteiger partial charge is 0.493 e. The van der Waals surface area contributed by atoms with Crippen LogP contribution in [-0.4, -0.2) is 23.4 Å². The van der Waals surface area contributed by atoms with Crippen LogP contribution in [-0.2, 0) is 13.0 Å². The second-order valence-corrected chi connectivity index (χ2v) is 5.75. The summed E-state index contributed by atoms with van der Waals surface area (Å²) in [5, 5.41) is 8.46. The van der Waals surface area contributed by atoms with Crippen LogP contribution in [0.5, 0.6) is 5.75 Å². The van der Waals surface area contributed by atoms with Crippen molar-refractivity contribution in [3.05, 3.63) is 46.7 Å². The second kappa shape index (κ2) is 6.08. The van der Waals surface area contributed by atoms with Crippen LogP contribution < -0.4 is 10.1 Å². The number of benzene rings is 1. The van der Waals surface area contributed by atoms with E-state index in [1.165, 1.54) is 5.56 Å². The Balaban J connectivity index is 1.90. The molecule has 0 amide bonds. The summed E-state index contributed by atoms with van der Waals surface area (Å²) < 4.78 is 7.88. The van der Waals surface area contributed by atoms with E-state index in [0.29, 0.717) is 12.5 Å². The molecule has 0 spiro atoms. The number of aromatic nitrogens is 2. The monoisotopic (exact) mass is 305 g/mol. The number of hydrogen-bond donors (Lipinski definition) is 1. The molecule has 4 nitrogen and oxygen atoms in total. The lowest BCUT2D eigenvalue weighted by Crippen LogP contribution is -2.35. The molecule has 5 heteroatoms. The molecule has 0 aliphatic carbocycles. The molecule has 0 bridgehead atoms. The average molecular weight is 306 g/mol. The van der Waals surface area contributed by atoms with Crippen LogP contribution >= 0.6 is 11.6 Å². The smallest absolute Gasteiger partial charge is 0.122 e. The molecule has 2 unspecified atom stereocenters. The highest BCUT2D eigenvalue weighted by atomic mass is 35.5. The third-order valence-electron chi connectivity index (χ3n) is 4.12. The van der Waals surface area contributed by atoms with Gasteiger partial charge in [0.25, 0.3) is 0 Å². The quantitative estimate of drug-likeness (QED) is 0.943. The maximum Gasteiger partial charge on any atom is 0.122 e. The molecule has 1 aromatic heterocycles. The zero-order valence-electron chi connectivity index (χ0n) is 12.3.